The average Bonchev–Trinajstić information content (AvgIpc) is 2.75. The summed E-state index contributed by atoms with van der Waals surface area (Å²) in [4.78, 5) is 4.22. The van der Waals surface area contributed by atoms with Gasteiger partial charge in [0.25, 0.3) is 0 Å². The molecule has 0 spiro atoms. The second-order valence-electron chi connectivity index (χ2n) is 3.68. The molecule has 2 rings (SSSR count). The van der Waals surface area contributed by atoms with Crippen LogP contribution in [0.1, 0.15) is 25.7 Å². The zero-order valence-electron chi connectivity index (χ0n) is 8.93. The van der Waals surface area contributed by atoms with E-state index in [2.05, 4.69) is 51.6 Å². The third-order valence-corrected chi connectivity index (χ3v) is 3.51. The first-order chi connectivity index (χ1) is 7.58. The molecular weight excluding hydrogens is 340 g/mol. The number of hydrogen-bond donors (Lipinski definition) is 0. The van der Waals surface area contributed by atoms with Gasteiger partial charge in [-0.05, 0) is 36.4 Å². The van der Waals surface area contributed by atoms with E-state index < -0.39 is 0 Å². The lowest BCUT2D eigenvalue weighted by Crippen LogP contribution is -2.12. The van der Waals surface area contributed by atoms with Crippen LogP contribution in [0, 0.1) is 3.70 Å². The van der Waals surface area contributed by atoms with Crippen LogP contribution in [0.15, 0.2) is 12.5 Å². The van der Waals surface area contributed by atoms with Gasteiger partial charge in [0.15, 0.2) is 0 Å². The van der Waals surface area contributed by atoms with E-state index in [1.807, 2.05) is 4.68 Å². The molecule has 16 heavy (non-hydrogen) atoms. The minimum Gasteiger partial charge on any atom is -0.262 e. The summed E-state index contributed by atoms with van der Waals surface area (Å²) >= 11 is 8.04. The van der Waals surface area contributed by atoms with Crippen molar-refractivity contribution in [2.75, 3.05) is 0 Å². The second-order valence-corrected chi connectivity index (χ2v) is 5.11. The molecule has 7 heteroatoms. The number of rotatable bonds is 3. The van der Waals surface area contributed by atoms with Gasteiger partial charge < -0.3 is 0 Å². The molecule has 0 aliphatic heterocycles. The molecule has 2 aromatic rings. The Kier molecular flexibility index (Phi) is 3.48. The number of nitrogens with zero attached hydrogens (tertiary/aromatic N) is 5. The quantitative estimate of drug-likeness (QED) is 0.798. The van der Waals surface area contributed by atoms with Gasteiger partial charge in [-0.25, -0.2) is 9.67 Å². The number of halogens is 2. The van der Waals surface area contributed by atoms with Gasteiger partial charge in [0.2, 0.25) is 0 Å². The van der Waals surface area contributed by atoms with Gasteiger partial charge in [-0.15, -0.1) is 0 Å². The minimum atomic E-state index is 0.294. The Morgan fingerprint density at radius 2 is 2.25 bits per heavy atom. The van der Waals surface area contributed by atoms with E-state index >= 15 is 0 Å². The fourth-order valence-corrected chi connectivity index (χ4v) is 1.98. The summed E-state index contributed by atoms with van der Waals surface area (Å²) in [7, 11) is 0. The lowest BCUT2D eigenvalue weighted by molar-refractivity contribution is 0.487. The van der Waals surface area contributed by atoms with E-state index in [-0.39, 0.29) is 0 Å². The van der Waals surface area contributed by atoms with Gasteiger partial charge in [-0.2, -0.15) is 10.2 Å². The van der Waals surface area contributed by atoms with Crippen molar-refractivity contribution in [3.8, 4) is 0 Å². The van der Waals surface area contributed by atoms with Crippen LogP contribution in [0.3, 0.4) is 0 Å². The maximum Gasteiger partial charge on any atom is 0.148 e. The van der Waals surface area contributed by atoms with Gasteiger partial charge in [-0.1, -0.05) is 11.6 Å². The summed E-state index contributed by atoms with van der Waals surface area (Å²) in [6.45, 7) is 4.72. The summed E-state index contributed by atoms with van der Waals surface area (Å²) in [6.07, 6.45) is 3.36. The first kappa shape index (κ1) is 11.8. The molecule has 0 unspecified atom stereocenters. The average molecular weight is 352 g/mol. The maximum atomic E-state index is 5.94. The lowest BCUT2D eigenvalue weighted by Gasteiger charge is -2.08. The largest absolute Gasteiger partial charge is 0.262 e. The standard InChI is InChI=1S/C9H11ClIN5/c1-6(2)16-8(12-5-13-16)4-15-3-7(10)9(11)14-15/h3,5-6H,4H2,1-2H3. The van der Waals surface area contributed by atoms with Crippen molar-refractivity contribution < 1.29 is 0 Å². The Hall–Kier alpha value is -0.630. The molecule has 0 radical (unpaired) electrons. The first-order valence-electron chi connectivity index (χ1n) is 4.84. The molecule has 0 aromatic carbocycles. The van der Waals surface area contributed by atoms with Gasteiger partial charge in [0.1, 0.15) is 22.4 Å². The molecule has 0 amide bonds. The van der Waals surface area contributed by atoms with Crippen molar-refractivity contribution >= 4 is 34.2 Å². The highest BCUT2D eigenvalue weighted by atomic mass is 127. The Labute approximate surface area is 112 Å². The maximum absolute atomic E-state index is 5.94. The summed E-state index contributed by atoms with van der Waals surface area (Å²) in [5, 5.41) is 9.11. The van der Waals surface area contributed by atoms with E-state index in [4.69, 9.17) is 11.6 Å². The minimum absolute atomic E-state index is 0.294. The van der Waals surface area contributed by atoms with E-state index in [1.165, 1.54) is 0 Å². The third-order valence-electron chi connectivity index (χ3n) is 2.12. The fourth-order valence-electron chi connectivity index (χ4n) is 1.42. The highest BCUT2D eigenvalue weighted by Gasteiger charge is 2.10. The highest BCUT2D eigenvalue weighted by molar-refractivity contribution is 14.1. The van der Waals surface area contributed by atoms with Crippen LogP contribution in [0.5, 0.6) is 0 Å². The molecule has 0 aliphatic carbocycles. The Bertz CT molecular complexity index is 470. The monoisotopic (exact) mass is 351 g/mol. The van der Waals surface area contributed by atoms with Crippen LogP contribution in [0.25, 0.3) is 0 Å². The smallest absolute Gasteiger partial charge is 0.148 e. The van der Waals surface area contributed by atoms with Gasteiger partial charge in [0.05, 0.1) is 5.02 Å². The molecule has 0 atom stereocenters. The van der Waals surface area contributed by atoms with Crippen molar-refractivity contribution in [3.05, 3.63) is 27.1 Å². The van der Waals surface area contributed by atoms with Crippen LogP contribution in [-0.4, -0.2) is 24.5 Å². The zero-order chi connectivity index (χ0) is 11.7. The van der Waals surface area contributed by atoms with E-state index in [1.54, 1.807) is 17.2 Å². The van der Waals surface area contributed by atoms with E-state index in [9.17, 15) is 0 Å². The molecular formula is C9H11ClIN5. The molecule has 0 fully saturated rings. The van der Waals surface area contributed by atoms with Crippen LogP contribution < -0.4 is 0 Å². The third kappa shape index (κ3) is 2.37. The van der Waals surface area contributed by atoms with Gasteiger partial charge in [-0.3, -0.25) is 4.68 Å². The van der Waals surface area contributed by atoms with Crippen LogP contribution in [0.4, 0.5) is 0 Å². The topological polar surface area (TPSA) is 48.5 Å². The molecule has 86 valence electrons. The molecule has 0 saturated carbocycles. The Morgan fingerprint density at radius 1 is 1.50 bits per heavy atom. The van der Waals surface area contributed by atoms with Crippen molar-refractivity contribution in [2.45, 2.75) is 26.4 Å². The molecule has 0 aliphatic rings. The van der Waals surface area contributed by atoms with Crippen LogP contribution >= 0.6 is 34.2 Å². The molecule has 0 N–H and O–H groups in total. The molecule has 2 heterocycles. The summed E-state index contributed by atoms with van der Waals surface area (Å²) in [6, 6.07) is 0.294. The second kappa shape index (κ2) is 4.70. The predicted octanol–water partition coefficient (Wildman–Crippen LogP) is 2.36. The number of aromatic nitrogens is 5. The van der Waals surface area contributed by atoms with Gasteiger partial charge in [0, 0.05) is 12.2 Å². The molecule has 0 saturated heterocycles. The Balaban J connectivity index is 2.23. The van der Waals surface area contributed by atoms with Crippen LogP contribution in [0.2, 0.25) is 5.02 Å². The van der Waals surface area contributed by atoms with Crippen molar-refractivity contribution in [2.24, 2.45) is 0 Å². The molecule has 5 nitrogen and oxygen atoms in total. The van der Waals surface area contributed by atoms with E-state index in [0.717, 1.165) is 9.53 Å². The number of hydrogen-bond acceptors (Lipinski definition) is 3. The fraction of sp³-hybridized carbons (Fsp3) is 0.444. The molecule has 2 aromatic heterocycles. The SMILES string of the molecule is CC(C)n1ncnc1Cn1cc(Cl)c(I)n1. The van der Waals surface area contributed by atoms with Crippen molar-refractivity contribution in [1.29, 1.82) is 0 Å². The summed E-state index contributed by atoms with van der Waals surface area (Å²) in [5.41, 5.74) is 0. The van der Waals surface area contributed by atoms with Gasteiger partial charge >= 0.3 is 0 Å². The summed E-state index contributed by atoms with van der Waals surface area (Å²) in [5.74, 6) is 0.880. The van der Waals surface area contributed by atoms with E-state index in [0.29, 0.717) is 17.6 Å². The van der Waals surface area contributed by atoms with Crippen LogP contribution in [-0.2, 0) is 6.54 Å². The Morgan fingerprint density at radius 3 is 2.81 bits per heavy atom. The van der Waals surface area contributed by atoms with Crippen molar-refractivity contribution in [3.63, 3.8) is 0 Å². The zero-order valence-corrected chi connectivity index (χ0v) is 11.8. The summed E-state index contributed by atoms with van der Waals surface area (Å²) < 4.78 is 4.45. The highest BCUT2D eigenvalue weighted by Crippen LogP contribution is 2.16. The first-order valence-corrected chi connectivity index (χ1v) is 6.30. The molecule has 0 bridgehead atoms. The lowest BCUT2D eigenvalue weighted by atomic mass is 10.4. The predicted molar refractivity (Wildman–Crippen MR) is 69.5 cm³/mol. The normalized spacial score (nSPS) is 11.3. The van der Waals surface area contributed by atoms with Crippen molar-refractivity contribution in [1.82, 2.24) is 24.5 Å².